The van der Waals surface area contributed by atoms with Gasteiger partial charge in [0, 0.05) is 18.6 Å². The monoisotopic (exact) mass is 172 g/mol. The second kappa shape index (κ2) is 6.44. The molecule has 0 saturated carbocycles. The maximum atomic E-state index is 5.90. The minimum absolute atomic E-state index is 0.346. The number of rotatable bonds is 6. The standard InChI is InChI=1S/C10H24N2/c1-5-7-12(9(3)4)8-10(11)6-2/h9-10H,5-8,11H2,1-4H3. The van der Waals surface area contributed by atoms with E-state index < -0.39 is 0 Å². The fourth-order valence-electron chi connectivity index (χ4n) is 1.28. The average molecular weight is 172 g/mol. The third-order valence-electron chi connectivity index (χ3n) is 2.23. The molecule has 0 radical (unpaired) electrons. The SMILES string of the molecule is CCCN(CC(N)CC)C(C)C. The summed E-state index contributed by atoms with van der Waals surface area (Å²) in [7, 11) is 0. The van der Waals surface area contributed by atoms with Crippen LogP contribution in [-0.2, 0) is 0 Å². The molecule has 0 aliphatic carbocycles. The summed E-state index contributed by atoms with van der Waals surface area (Å²) in [6.07, 6.45) is 2.29. The molecule has 2 nitrogen and oxygen atoms in total. The van der Waals surface area contributed by atoms with Gasteiger partial charge in [0.15, 0.2) is 0 Å². The zero-order valence-electron chi connectivity index (χ0n) is 9.01. The summed E-state index contributed by atoms with van der Waals surface area (Å²) in [5.41, 5.74) is 5.90. The van der Waals surface area contributed by atoms with Crippen molar-refractivity contribution in [1.29, 1.82) is 0 Å². The Hall–Kier alpha value is -0.0800. The van der Waals surface area contributed by atoms with E-state index in [1.165, 1.54) is 13.0 Å². The lowest BCUT2D eigenvalue weighted by atomic mass is 10.2. The Balaban J connectivity index is 3.77. The Morgan fingerprint density at radius 3 is 2.17 bits per heavy atom. The van der Waals surface area contributed by atoms with Crippen LogP contribution >= 0.6 is 0 Å². The summed E-state index contributed by atoms with van der Waals surface area (Å²) < 4.78 is 0. The largest absolute Gasteiger partial charge is 0.327 e. The van der Waals surface area contributed by atoms with Crippen LogP contribution < -0.4 is 5.73 Å². The van der Waals surface area contributed by atoms with Crippen LogP contribution in [0, 0.1) is 0 Å². The molecular formula is C10H24N2. The first-order chi connectivity index (χ1) is 5.61. The third-order valence-corrected chi connectivity index (χ3v) is 2.23. The molecule has 0 fully saturated rings. The Bertz CT molecular complexity index is 102. The molecule has 2 N–H and O–H groups in total. The number of nitrogens with two attached hydrogens (primary N) is 1. The van der Waals surface area contributed by atoms with E-state index >= 15 is 0 Å². The minimum atomic E-state index is 0.346. The van der Waals surface area contributed by atoms with Gasteiger partial charge in [0.25, 0.3) is 0 Å². The molecule has 0 aliphatic heterocycles. The van der Waals surface area contributed by atoms with E-state index in [0.29, 0.717) is 12.1 Å². The van der Waals surface area contributed by atoms with Crippen molar-refractivity contribution >= 4 is 0 Å². The summed E-state index contributed by atoms with van der Waals surface area (Å²) in [6.45, 7) is 11.0. The van der Waals surface area contributed by atoms with Crippen LogP contribution in [-0.4, -0.2) is 30.1 Å². The lowest BCUT2D eigenvalue weighted by Crippen LogP contribution is -2.41. The quantitative estimate of drug-likeness (QED) is 0.662. The molecule has 74 valence electrons. The van der Waals surface area contributed by atoms with E-state index in [9.17, 15) is 0 Å². The molecule has 0 heterocycles. The van der Waals surface area contributed by atoms with Crippen LogP contribution in [0.3, 0.4) is 0 Å². The lowest BCUT2D eigenvalue weighted by molar-refractivity contribution is 0.207. The zero-order valence-corrected chi connectivity index (χ0v) is 9.01. The summed E-state index contributed by atoms with van der Waals surface area (Å²) in [5.74, 6) is 0. The third kappa shape index (κ3) is 4.73. The topological polar surface area (TPSA) is 29.3 Å². The first kappa shape index (κ1) is 11.9. The zero-order chi connectivity index (χ0) is 9.56. The van der Waals surface area contributed by atoms with E-state index in [1.807, 2.05) is 0 Å². The Kier molecular flexibility index (Phi) is 6.39. The summed E-state index contributed by atoms with van der Waals surface area (Å²) in [4.78, 5) is 2.45. The van der Waals surface area contributed by atoms with E-state index in [1.54, 1.807) is 0 Å². The predicted octanol–water partition coefficient (Wildman–Crippen LogP) is 1.84. The van der Waals surface area contributed by atoms with Crippen molar-refractivity contribution in [2.45, 2.75) is 52.6 Å². The van der Waals surface area contributed by atoms with Crippen LogP contribution in [0.4, 0.5) is 0 Å². The van der Waals surface area contributed by atoms with Gasteiger partial charge in [-0.1, -0.05) is 13.8 Å². The van der Waals surface area contributed by atoms with E-state index in [-0.39, 0.29) is 0 Å². The highest BCUT2D eigenvalue weighted by atomic mass is 15.2. The maximum Gasteiger partial charge on any atom is 0.0165 e. The predicted molar refractivity (Wildman–Crippen MR) is 55.3 cm³/mol. The molecule has 0 aromatic heterocycles. The first-order valence-electron chi connectivity index (χ1n) is 5.11. The Morgan fingerprint density at radius 2 is 1.83 bits per heavy atom. The molecular weight excluding hydrogens is 148 g/mol. The van der Waals surface area contributed by atoms with Gasteiger partial charge in [0.05, 0.1) is 0 Å². The van der Waals surface area contributed by atoms with Crippen molar-refractivity contribution in [2.24, 2.45) is 5.73 Å². The van der Waals surface area contributed by atoms with Gasteiger partial charge in [-0.2, -0.15) is 0 Å². The molecule has 0 aliphatic rings. The first-order valence-corrected chi connectivity index (χ1v) is 5.11. The van der Waals surface area contributed by atoms with Gasteiger partial charge in [0.1, 0.15) is 0 Å². The van der Waals surface area contributed by atoms with Crippen molar-refractivity contribution in [2.75, 3.05) is 13.1 Å². The molecule has 1 atom stereocenters. The van der Waals surface area contributed by atoms with Crippen LogP contribution in [0.5, 0.6) is 0 Å². The minimum Gasteiger partial charge on any atom is -0.327 e. The van der Waals surface area contributed by atoms with Crippen molar-refractivity contribution < 1.29 is 0 Å². The average Bonchev–Trinajstić information content (AvgIpc) is 2.03. The van der Waals surface area contributed by atoms with Gasteiger partial charge in [0.2, 0.25) is 0 Å². The molecule has 0 saturated heterocycles. The van der Waals surface area contributed by atoms with Gasteiger partial charge < -0.3 is 5.73 Å². The van der Waals surface area contributed by atoms with E-state index in [0.717, 1.165) is 13.0 Å². The van der Waals surface area contributed by atoms with Gasteiger partial charge in [-0.15, -0.1) is 0 Å². The number of hydrogen-bond donors (Lipinski definition) is 1. The molecule has 0 spiro atoms. The number of nitrogens with zero attached hydrogens (tertiary/aromatic N) is 1. The van der Waals surface area contributed by atoms with Crippen LogP contribution in [0.1, 0.15) is 40.5 Å². The Labute approximate surface area is 77.1 Å². The second-order valence-corrected chi connectivity index (χ2v) is 3.76. The van der Waals surface area contributed by atoms with Crippen molar-refractivity contribution in [3.05, 3.63) is 0 Å². The fourth-order valence-corrected chi connectivity index (χ4v) is 1.28. The highest BCUT2D eigenvalue weighted by Crippen LogP contribution is 2.01. The highest BCUT2D eigenvalue weighted by molar-refractivity contribution is 4.69. The number of hydrogen-bond acceptors (Lipinski definition) is 2. The van der Waals surface area contributed by atoms with E-state index in [4.69, 9.17) is 5.73 Å². The van der Waals surface area contributed by atoms with Gasteiger partial charge >= 0.3 is 0 Å². The molecule has 12 heavy (non-hydrogen) atoms. The normalized spacial score (nSPS) is 14.2. The fraction of sp³-hybridized carbons (Fsp3) is 1.00. The van der Waals surface area contributed by atoms with E-state index in [2.05, 4.69) is 32.6 Å². The van der Waals surface area contributed by atoms with Gasteiger partial charge in [-0.3, -0.25) is 4.90 Å². The van der Waals surface area contributed by atoms with Crippen molar-refractivity contribution in [3.8, 4) is 0 Å². The molecule has 0 bridgehead atoms. The van der Waals surface area contributed by atoms with Crippen LogP contribution in [0.15, 0.2) is 0 Å². The van der Waals surface area contributed by atoms with Crippen LogP contribution in [0.2, 0.25) is 0 Å². The molecule has 0 amide bonds. The van der Waals surface area contributed by atoms with Crippen molar-refractivity contribution in [1.82, 2.24) is 4.90 Å². The molecule has 0 aromatic rings. The maximum absolute atomic E-state index is 5.90. The summed E-state index contributed by atoms with van der Waals surface area (Å²) >= 11 is 0. The second-order valence-electron chi connectivity index (χ2n) is 3.76. The molecule has 0 rings (SSSR count). The lowest BCUT2D eigenvalue weighted by Gasteiger charge is -2.28. The van der Waals surface area contributed by atoms with Gasteiger partial charge in [-0.25, -0.2) is 0 Å². The molecule has 0 aromatic carbocycles. The molecule has 1 unspecified atom stereocenters. The smallest absolute Gasteiger partial charge is 0.0165 e. The molecule has 2 heteroatoms. The van der Waals surface area contributed by atoms with Gasteiger partial charge in [-0.05, 0) is 33.2 Å². The van der Waals surface area contributed by atoms with Crippen LogP contribution in [0.25, 0.3) is 0 Å². The summed E-state index contributed by atoms with van der Waals surface area (Å²) in [6, 6.07) is 0.974. The summed E-state index contributed by atoms with van der Waals surface area (Å²) in [5, 5.41) is 0. The highest BCUT2D eigenvalue weighted by Gasteiger charge is 2.10. The Morgan fingerprint density at radius 1 is 1.25 bits per heavy atom. The van der Waals surface area contributed by atoms with Crippen molar-refractivity contribution in [3.63, 3.8) is 0 Å².